The van der Waals surface area contributed by atoms with Crippen molar-refractivity contribution in [2.45, 2.75) is 38.5 Å². The molecule has 4 rings (SSSR count). The predicted octanol–water partition coefficient (Wildman–Crippen LogP) is 2.97. The molecule has 2 aliphatic rings. The molecule has 2 aromatic rings. The summed E-state index contributed by atoms with van der Waals surface area (Å²) in [7, 11) is 0. The van der Waals surface area contributed by atoms with Crippen molar-refractivity contribution in [3.05, 3.63) is 46.5 Å². The summed E-state index contributed by atoms with van der Waals surface area (Å²) in [4.78, 5) is 53.7. The van der Waals surface area contributed by atoms with E-state index < -0.39 is 5.91 Å². The van der Waals surface area contributed by atoms with Crippen LogP contribution in [0, 0.1) is 5.41 Å². The Kier molecular flexibility index (Phi) is 7.27. The van der Waals surface area contributed by atoms with Crippen LogP contribution in [0.2, 0.25) is 0 Å². The lowest BCUT2D eigenvalue weighted by atomic mass is 9.78. The molecule has 2 aromatic heterocycles. The fourth-order valence-electron chi connectivity index (χ4n) is 4.67. The number of likely N-dealkylation sites (tertiary alicyclic amines) is 2. The summed E-state index contributed by atoms with van der Waals surface area (Å²) in [5, 5.41) is 4.49. The van der Waals surface area contributed by atoms with Gasteiger partial charge in [0.25, 0.3) is 5.91 Å². The van der Waals surface area contributed by atoms with Crippen molar-refractivity contribution in [1.82, 2.24) is 15.1 Å². The van der Waals surface area contributed by atoms with E-state index in [0.29, 0.717) is 32.4 Å². The maximum atomic E-state index is 12.7. The second-order valence-corrected chi connectivity index (χ2v) is 9.81. The Morgan fingerprint density at radius 2 is 1.73 bits per heavy atom. The summed E-state index contributed by atoms with van der Waals surface area (Å²) in [6, 6.07) is 6.87. The van der Waals surface area contributed by atoms with Crippen molar-refractivity contribution in [2.24, 2.45) is 5.41 Å². The second-order valence-electron chi connectivity index (χ2n) is 8.86. The van der Waals surface area contributed by atoms with Crippen LogP contribution >= 0.6 is 11.3 Å². The SMILES string of the molecule is O=C(NCC(=O)N1CCC2(CC1)CCN(C(=O)CCCC(=O)c1cccs1)C2)c1ccco1. The zero-order valence-corrected chi connectivity index (χ0v) is 19.4. The van der Waals surface area contributed by atoms with Crippen LogP contribution in [0.1, 0.15) is 58.8 Å². The molecule has 0 bridgehead atoms. The lowest BCUT2D eigenvalue weighted by molar-refractivity contribution is -0.134. The van der Waals surface area contributed by atoms with Crippen molar-refractivity contribution < 1.29 is 23.6 Å². The molecule has 176 valence electrons. The Morgan fingerprint density at radius 1 is 0.970 bits per heavy atom. The van der Waals surface area contributed by atoms with Crippen molar-refractivity contribution in [1.29, 1.82) is 0 Å². The summed E-state index contributed by atoms with van der Waals surface area (Å²) in [5.74, 6) is -0.0972. The van der Waals surface area contributed by atoms with E-state index in [0.717, 1.165) is 37.2 Å². The van der Waals surface area contributed by atoms with Crippen LogP contribution in [-0.4, -0.2) is 66.0 Å². The van der Waals surface area contributed by atoms with Gasteiger partial charge in [-0.1, -0.05) is 6.07 Å². The van der Waals surface area contributed by atoms with Crippen molar-refractivity contribution in [2.75, 3.05) is 32.7 Å². The highest BCUT2D eigenvalue weighted by molar-refractivity contribution is 7.12. The summed E-state index contributed by atoms with van der Waals surface area (Å²) in [5.41, 5.74) is 0.0661. The molecule has 9 heteroatoms. The van der Waals surface area contributed by atoms with Crippen molar-refractivity contribution in [3.63, 3.8) is 0 Å². The molecule has 0 aliphatic carbocycles. The number of ketones is 1. The number of Topliss-reactive ketones (excluding diaryl/α,β-unsaturated/α-hetero) is 1. The molecule has 0 aromatic carbocycles. The number of carbonyl (C=O) groups excluding carboxylic acids is 4. The monoisotopic (exact) mass is 471 g/mol. The van der Waals surface area contributed by atoms with E-state index in [9.17, 15) is 19.2 Å². The minimum Gasteiger partial charge on any atom is -0.459 e. The van der Waals surface area contributed by atoms with Crippen LogP contribution in [0.15, 0.2) is 40.3 Å². The molecular formula is C24H29N3O5S. The Hall–Kier alpha value is -2.94. The third-order valence-corrected chi connectivity index (χ3v) is 7.61. The van der Waals surface area contributed by atoms with Crippen LogP contribution in [0.3, 0.4) is 0 Å². The molecule has 0 saturated carbocycles. The van der Waals surface area contributed by atoms with Crippen LogP contribution in [0.5, 0.6) is 0 Å². The molecular weight excluding hydrogens is 442 g/mol. The average Bonchev–Trinajstić information content (AvgIpc) is 3.60. The topological polar surface area (TPSA) is 99.9 Å². The lowest BCUT2D eigenvalue weighted by Crippen LogP contribution is -2.47. The third kappa shape index (κ3) is 5.71. The predicted molar refractivity (Wildman–Crippen MR) is 123 cm³/mol. The minimum atomic E-state index is -0.399. The Labute approximate surface area is 196 Å². The number of thiophene rings is 1. The Bertz CT molecular complexity index is 978. The van der Waals surface area contributed by atoms with E-state index in [4.69, 9.17) is 4.42 Å². The quantitative estimate of drug-likeness (QED) is 0.597. The van der Waals surface area contributed by atoms with Gasteiger partial charge in [0.15, 0.2) is 11.5 Å². The lowest BCUT2D eigenvalue weighted by Gasteiger charge is -2.39. The third-order valence-electron chi connectivity index (χ3n) is 6.70. The fraction of sp³-hybridized carbons (Fsp3) is 0.500. The van der Waals surface area contributed by atoms with Gasteiger partial charge in [0, 0.05) is 39.0 Å². The molecule has 2 aliphatic heterocycles. The molecule has 2 saturated heterocycles. The molecule has 4 heterocycles. The number of amides is 3. The van der Waals surface area contributed by atoms with E-state index >= 15 is 0 Å². The number of piperidine rings is 1. The first-order valence-corrected chi connectivity index (χ1v) is 12.3. The molecule has 2 fully saturated rings. The van der Waals surface area contributed by atoms with Gasteiger partial charge in [0.05, 0.1) is 17.7 Å². The Balaban J connectivity index is 1.17. The van der Waals surface area contributed by atoms with Gasteiger partial charge in [0.1, 0.15) is 0 Å². The van der Waals surface area contributed by atoms with Crippen LogP contribution in [0.4, 0.5) is 0 Å². The van der Waals surface area contributed by atoms with E-state index in [1.807, 2.05) is 22.4 Å². The first kappa shape index (κ1) is 23.2. The van der Waals surface area contributed by atoms with Crippen molar-refractivity contribution in [3.8, 4) is 0 Å². The smallest absolute Gasteiger partial charge is 0.287 e. The fourth-order valence-corrected chi connectivity index (χ4v) is 5.36. The number of nitrogens with zero attached hydrogens (tertiary/aromatic N) is 2. The maximum absolute atomic E-state index is 12.7. The highest BCUT2D eigenvalue weighted by Crippen LogP contribution is 2.40. The van der Waals surface area contributed by atoms with Crippen LogP contribution in [0.25, 0.3) is 0 Å². The number of hydrogen-bond donors (Lipinski definition) is 1. The largest absolute Gasteiger partial charge is 0.459 e. The summed E-state index contributed by atoms with van der Waals surface area (Å²) < 4.78 is 5.03. The normalized spacial score (nSPS) is 17.3. The van der Waals surface area contributed by atoms with Gasteiger partial charge < -0.3 is 19.5 Å². The van der Waals surface area contributed by atoms with Gasteiger partial charge in [-0.2, -0.15) is 0 Å². The van der Waals surface area contributed by atoms with E-state index in [1.54, 1.807) is 17.0 Å². The highest BCUT2D eigenvalue weighted by Gasteiger charge is 2.42. The highest BCUT2D eigenvalue weighted by atomic mass is 32.1. The minimum absolute atomic E-state index is 0.0542. The molecule has 3 amide bonds. The van der Waals surface area contributed by atoms with Gasteiger partial charge in [-0.15, -0.1) is 11.3 Å². The van der Waals surface area contributed by atoms with Crippen LogP contribution < -0.4 is 5.32 Å². The molecule has 1 N–H and O–H groups in total. The van der Waals surface area contributed by atoms with Gasteiger partial charge >= 0.3 is 0 Å². The molecule has 1 spiro atoms. The van der Waals surface area contributed by atoms with Gasteiger partial charge in [-0.05, 0) is 54.7 Å². The van der Waals surface area contributed by atoms with Gasteiger partial charge in [0.2, 0.25) is 11.8 Å². The number of furan rings is 1. The number of hydrogen-bond acceptors (Lipinski definition) is 6. The van der Waals surface area contributed by atoms with Gasteiger partial charge in [-0.3, -0.25) is 19.2 Å². The summed E-state index contributed by atoms with van der Waals surface area (Å²) in [6.07, 6.45) is 5.44. The number of carbonyl (C=O) groups is 4. The first-order valence-electron chi connectivity index (χ1n) is 11.4. The number of nitrogens with one attached hydrogen (secondary N) is 1. The summed E-state index contributed by atoms with van der Waals surface area (Å²) in [6.45, 7) is 2.67. The average molecular weight is 472 g/mol. The van der Waals surface area contributed by atoms with E-state index in [1.165, 1.54) is 17.6 Å². The van der Waals surface area contributed by atoms with Crippen LogP contribution in [-0.2, 0) is 9.59 Å². The van der Waals surface area contributed by atoms with E-state index in [-0.39, 0.29) is 35.3 Å². The zero-order valence-electron chi connectivity index (χ0n) is 18.6. The van der Waals surface area contributed by atoms with Crippen molar-refractivity contribution >= 4 is 34.8 Å². The Morgan fingerprint density at radius 3 is 2.39 bits per heavy atom. The maximum Gasteiger partial charge on any atom is 0.287 e. The first-order chi connectivity index (χ1) is 16.0. The molecule has 0 radical (unpaired) electrons. The second kappa shape index (κ2) is 10.3. The summed E-state index contributed by atoms with van der Waals surface area (Å²) >= 11 is 1.44. The molecule has 0 unspecified atom stereocenters. The molecule has 33 heavy (non-hydrogen) atoms. The molecule has 8 nitrogen and oxygen atoms in total. The standard InChI is InChI=1S/C24H29N3O5S/c28-18(20-6-3-15-33-20)4-1-7-21(29)27-13-10-24(17-27)8-11-26(12-9-24)22(30)16-25-23(31)19-5-2-14-32-19/h2-3,5-6,14-15H,1,4,7-13,16-17H2,(H,25,31). The van der Waals surface area contributed by atoms with E-state index in [2.05, 4.69) is 5.32 Å². The van der Waals surface area contributed by atoms with Gasteiger partial charge in [-0.25, -0.2) is 0 Å². The molecule has 0 atom stereocenters. The number of rotatable bonds is 8. The zero-order chi connectivity index (χ0) is 23.3.